The van der Waals surface area contributed by atoms with E-state index in [0.29, 0.717) is 6.42 Å². The van der Waals surface area contributed by atoms with Crippen LogP contribution in [0.2, 0.25) is 0 Å². The van der Waals surface area contributed by atoms with Gasteiger partial charge >= 0.3 is 0 Å². The number of hydrogen-bond acceptors (Lipinski definition) is 4. The molecule has 5 heteroatoms. The number of pyridine rings is 1. The summed E-state index contributed by atoms with van der Waals surface area (Å²) in [6.07, 6.45) is 5.33. The summed E-state index contributed by atoms with van der Waals surface area (Å²) in [4.78, 5) is 18.3. The van der Waals surface area contributed by atoms with Gasteiger partial charge in [0.1, 0.15) is 5.82 Å². The van der Waals surface area contributed by atoms with Crippen molar-refractivity contribution in [2.24, 2.45) is 5.73 Å². The molecule has 0 saturated carbocycles. The van der Waals surface area contributed by atoms with Gasteiger partial charge in [-0.3, -0.25) is 4.79 Å². The minimum Gasteiger partial charge on any atom is -0.357 e. The third-order valence-electron chi connectivity index (χ3n) is 3.43. The van der Waals surface area contributed by atoms with Gasteiger partial charge in [0.05, 0.1) is 11.9 Å². The number of aromatic nitrogens is 1. The maximum atomic E-state index is 11.7. The fourth-order valence-corrected chi connectivity index (χ4v) is 2.19. The second-order valence-electron chi connectivity index (χ2n) is 5.02. The summed E-state index contributed by atoms with van der Waals surface area (Å²) < 4.78 is 0. The Balaban J connectivity index is 1.89. The Morgan fingerprint density at radius 1 is 1.47 bits per heavy atom. The van der Waals surface area contributed by atoms with Gasteiger partial charge < -0.3 is 16.0 Å². The van der Waals surface area contributed by atoms with Crippen molar-refractivity contribution in [3.05, 3.63) is 18.3 Å². The summed E-state index contributed by atoms with van der Waals surface area (Å²) in [7, 11) is 0. The monoisotopic (exact) mass is 262 g/mol. The minimum absolute atomic E-state index is 0.0509. The van der Waals surface area contributed by atoms with Crippen molar-refractivity contribution in [3.8, 4) is 0 Å². The fourth-order valence-electron chi connectivity index (χ4n) is 2.19. The molecule has 1 aromatic heterocycles. The van der Waals surface area contributed by atoms with Gasteiger partial charge in [-0.05, 0) is 31.4 Å². The van der Waals surface area contributed by atoms with Crippen LogP contribution in [0.25, 0.3) is 0 Å². The molecule has 1 aliphatic heterocycles. The van der Waals surface area contributed by atoms with Crippen LogP contribution >= 0.6 is 0 Å². The molecule has 1 amide bonds. The number of rotatable bonds is 5. The summed E-state index contributed by atoms with van der Waals surface area (Å²) in [5.74, 6) is 0.936. The Hall–Kier alpha value is -1.62. The summed E-state index contributed by atoms with van der Waals surface area (Å²) in [6.45, 7) is 4.12. The number of nitrogens with zero attached hydrogens (tertiary/aromatic N) is 2. The molecule has 0 radical (unpaired) electrons. The zero-order chi connectivity index (χ0) is 13.7. The van der Waals surface area contributed by atoms with Crippen molar-refractivity contribution in [3.63, 3.8) is 0 Å². The van der Waals surface area contributed by atoms with E-state index in [2.05, 4.69) is 15.2 Å². The first-order valence-corrected chi connectivity index (χ1v) is 6.95. The van der Waals surface area contributed by atoms with Crippen LogP contribution < -0.4 is 16.0 Å². The Morgan fingerprint density at radius 3 is 2.79 bits per heavy atom. The van der Waals surface area contributed by atoms with Gasteiger partial charge in [0.2, 0.25) is 5.91 Å². The molecule has 3 N–H and O–H groups in total. The molecule has 0 bridgehead atoms. The molecule has 1 aliphatic rings. The first-order chi connectivity index (χ1) is 9.19. The highest BCUT2D eigenvalue weighted by Crippen LogP contribution is 2.19. The molecule has 0 aliphatic carbocycles. The summed E-state index contributed by atoms with van der Waals surface area (Å²) in [5.41, 5.74) is 6.48. The second-order valence-corrected chi connectivity index (χ2v) is 5.02. The molecule has 1 aromatic rings. The minimum atomic E-state index is -0.0724. The smallest absolute Gasteiger partial charge is 0.225 e. The number of amides is 1. The third-order valence-corrected chi connectivity index (χ3v) is 3.43. The molecule has 104 valence electrons. The van der Waals surface area contributed by atoms with Gasteiger partial charge in [-0.15, -0.1) is 0 Å². The molecule has 5 nitrogen and oxygen atoms in total. The molecule has 19 heavy (non-hydrogen) atoms. The SMILES string of the molecule is CCC(N)CC(=O)Nc1ccc(N2CCCC2)nc1. The Bertz CT molecular complexity index is 412. The maximum Gasteiger partial charge on any atom is 0.225 e. The standard InChI is InChI=1S/C14H22N4O/c1-2-11(15)9-14(19)17-12-5-6-13(16-10-12)18-7-3-4-8-18/h5-6,10-11H,2-4,7-9,15H2,1H3,(H,17,19). The van der Waals surface area contributed by atoms with Crippen LogP contribution in [0.1, 0.15) is 32.6 Å². The highest BCUT2D eigenvalue weighted by Gasteiger charge is 2.13. The van der Waals surface area contributed by atoms with E-state index >= 15 is 0 Å². The normalized spacial score (nSPS) is 16.4. The number of nitrogens with two attached hydrogens (primary N) is 1. The number of hydrogen-bond donors (Lipinski definition) is 2. The van der Waals surface area contributed by atoms with Crippen molar-refractivity contribution in [1.82, 2.24) is 4.98 Å². The van der Waals surface area contributed by atoms with Gasteiger partial charge in [-0.1, -0.05) is 6.92 Å². The molecule has 0 aromatic carbocycles. The molecule has 1 saturated heterocycles. The van der Waals surface area contributed by atoms with Crippen LogP contribution in [0.3, 0.4) is 0 Å². The maximum absolute atomic E-state index is 11.7. The van der Waals surface area contributed by atoms with Gasteiger partial charge in [0.25, 0.3) is 0 Å². The molecule has 1 atom stereocenters. The van der Waals surface area contributed by atoms with E-state index in [1.165, 1.54) is 12.8 Å². The van der Waals surface area contributed by atoms with E-state index in [-0.39, 0.29) is 11.9 Å². The van der Waals surface area contributed by atoms with Crippen LogP contribution in [0.4, 0.5) is 11.5 Å². The molecule has 1 fully saturated rings. The number of nitrogens with one attached hydrogen (secondary N) is 1. The van der Waals surface area contributed by atoms with Crippen molar-refractivity contribution < 1.29 is 4.79 Å². The summed E-state index contributed by atoms with van der Waals surface area (Å²) in [5, 5.41) is 2.82. The predicted octanol–water partition coefficient (Wildman–Crippen LogP) is 1.75. The van der Waals surface area contributed by atoms with Crippen LogP contribution in [0.5, 0.6) is 0 Å². The molecule has 2 rings (SSSR count). The van der Waals surface area contributed by atoms with Crippen LogP contribution in [-0.4, -0.2) is 30.0 Å². The zero-order valence-corrected chi connectivity index (χ0v) is 11.4. The number of anilines is 2. The van der Waals surface area contributed by atoms with Crippen molar-refractivity contribution in [2.75, 3.05) is 23.3 Å². The Morgan fingerprint density at radius 2 is 2.21 bits per heavy atom. The van der Waals surface area contributed by atoms with Crippen molar-refractivity contribution in [1.29, 1.82) is 0 Å². The third kappa shape index (κ3) is 3.92. The van der Waals surface area contributed by atoms with Crippen LogP contribution in [0.15, 0.2) is 18.3 Å². The van der Waals surface area contributed by atoms with Gasteiger partial charge in [-0.2, -0.15) is 0 Å². The molecule has 0 spiro atoms. The van der Waals surface area contributed by atoms with E-state index in [1.807, 2.05) is 19.1 Å². The topological polar surface area (TPSA) is 71.2 Å². The van der Waals surface area contributed by atoms with Crippen molar-refractivity contribution >= 4 is 17.4 Å². The number of carbonyl (C=O) groups is 1. The molecular formula is C14H22N4O. The Labute approximate surface area is 114 Å². The lowest BCUT2D eigenvalue weighted by Gasteiger charge is -2.16. The van der Waals surface area contributed by atoms with E-state index < -0.39 is 0 Å². The molecule has 1 unspecified atom stereocenters. The first kappa shape index (κ1) is 13.8. The van der Waals surface area contributed by atoms with E-state index in [9.17, 15) is 4.79 Å². The lowest BCUT2D eigenvalue weighted by molar-refractivity contribution is -0.116. The van der Waals surface area contributed by atoms with Crippen molar-refractivity contribution in [2.45, 2.75) is 38.6 Å². The zero-order valence-electron chi connectivity index (χ0n) is 11.4. The average Bonchev–Trinajstić information content (AvgIpc) is 2.93. The van der Waals surface area contributed by atoms with Crippen LogP contribution in [-0.2, 0) is 4.79 Å². The second kappa shape index (κ2) is 6.52. The Kier molecular flexibility index (Phi) is 4.74. The lowest BCUT2D eigenvalue weighted by atomic mass is 10.1. The van der Waals surface area contributed by atoms with E-state index in [0.717, 1.165) is 31.0 Å². The van der Waals surface area contributed by atoms with E-state index in [4.69, 9.17) is 5.73 Å². The van der Waals surface area contributed by atoms with Gasteiger partial charge in [0.15, 0.2) is 0 Å². The average molecular weight is 262 g/mol. The number of carbonyl (C=O) groups excluding carboxylic acids is 1. The fraction of sp³-hybridized carbons (Fsp3) is 0.571. The highest BCUT2D eigenvalue weighted by molar-refractivity contribution is 5.91. The van der Waals surface area contributed by atoms with Gasteiger partial charge in [-0.25, -0.2) is 4.98 Å². The summed E-state index contributed by atoms with van der Waals surface area (Å²) >= 11 is 0. The largest absolute Gasteiger partial charge is 0.357 e. The van der Waals surface area contributed by atoms with E-state index in [1.54, 1.807) is 6.20 Å². The molecule has 2 heterocycles. The molecular weight excluding hydrogens is 240 g/mol. The first-order valence-electron chi connectivity index (χ1n) is 6.95. The van der Waals surface area contributed by atoms with Gasteiger partial charge in [0, 0.05) is 25.6 Å². The quantitative estimate of drug-likeness (QED) is 0.848. The van der Waals surface area contributed by atoms with Crippen LogP contribution in [0, 0.1) is 0 Å². The highest BCUT2D eigenvalue weighted by atomic mass is 16.1. The predicted molar refractivity (Wildman–Crippen MR) is 77.2 cm³/mol. The lowest BCUT2D eigenvalue weighted by Crippen LogP contribution is -2.26. The summed E-state index contributed by atoms with van der Waals surface area (Å²) in [6, 6.07) is 3.79.